The Bertz CT molecular complexity index is 874. The number of rotatable bonds is 4. The molecule has 0 amide bonds. The van der Waals surface area contributed by atoms with Crippen LogP contribution in [0.3, 0.4) is 0 Å². The first-order chi connectivity index (χ1) is 12.6. The van der Waals surface area contributed by atoms with E-state index in [1.807, 2.05) is 0 Å². The van der Waals surface area contributed by atoms with Gasteiger partial charge in [-0.3, -0.25) is 0 Å². The second kappa shape index (κ2) is 7.51. The van der Waals surface area contributed by atoms with Gasteiger partial charge in [0.15, 0.2) is 12.3 Å². The van der Waals surface area contributed by atoms with Crippen LogP contribution in [-0.4, -0.2) is 23.6 Å². The molecule has 2 aliphatic rings. The molecule has 0 aliphatic carbocycles. The van der Waals surface area contributed by atoms with Crippen LogP contribution >= 0.6 is 11.8 Å². The lowest BCUT2D eigenvalue weighted by Gasteiger charge is -2.35. The first-order valence-electron chi connectivity index (χ1n) is 9.63. The van der Waals surface area contributed by atoms with E-state index in [1.54, 1.807) is 17.8 Å². The average molecular weight is 416 g/mol. The van der Waals surface area contributed by atoms with Gasteiger partial charge in [0, 0.05) is 23.3 Å². The van der Waals surface area contributed by atoms with Crippen molar-refractivity contribution in [1.29, 1.82) is 0 Å². The van der Waals surface area contributed by atoms with Gasteiger partial charge in [0.25, 0.3) is 0 Å². The Labute approximate surface area is 168 Å². The van der Waals surface area contributed by atoms with E-state index in [2.05, 4.69) is 65.6 Å². The normalized spacial score (nSPS) is 24.8. The molecule has 1 fully saturated rings. The molecule has 2 atom stereocenters. The summed E-state index contributed by atoms with van der Waals surface area (Å²) in [6.45, 7) is 0.974. The fraction of sp³-hybridized carbons (Fsp3) is 0.318. The van der Waals surface area contributed by atoms with Crippen LogP contribution in [0.1, 0.15) is 44.7 Å². The summed E-state index contributed by atoms with van der Waals surface area (Å²) in [4.78, 5) is 1.25. The van der Waals surface area contributed by atoms with Crippen molar-refractivity contribution < 1.29 is 24.3 Å². The molecule has 0 spiro atoms. The Morgan fingerprint density at radius 1 is 1.28 bits per heavy atom. The minimum atomic E-state index is -0.304. The van der Waals surface area contributed by atoms with Crippen LogP contribution in [0.4, 0.5) is 0 Å². The van der Waals surface area contributed by atoms with Gasteiger partial charge in [0.1, 0.15) is 12.0 Å². The Morgan fingerprint density at radius 2 is 2.08 bits per heavy atom. The van der Waals surface area contributed by atoms with Crippen LogP contribution in [0.25, 0.3) is 0 Å². The number of nitrogens with zero attached hydrogens (tertiary/aromatic N) is 1. The van der Waals surface area contributed by atoms with Crippen molar-refractivity contribution in [3.05, 3.63) is 77.8 Å². The van der Waals surface area contributed by atoms with E-state index in [4.69, 9.17) is 2.74 Å². The lowest BCUT2D eigenvalue weighted by Crippen LogP contribution is -3.00. The van der Waals surface area contributed by atoms with Gasteiger partial charge in [0.05, 0.1) is 2.74 Å². The third kappa shape index (κ3) is 3.02. The maximum Gasteiger partial charge on any atom is 0.178 e. The van der Waals surface area contributed by atoms with Crippen LogP contribution in [-0.2, 0) is 5.41 Å². The molecule has 1 nitrogen and oxygen atoms in total. The summed E-state index contributed by atoms with van der Waals surface area (Å²) in [6, 6.07) is 18.0. The maximum absolute atomic E-state index is 7.64. The third-order valence-corrected chi connectivity index (χ3v) is 6.25. The lowest BCUT2D eigenvalue weighted by atomic mass is 9.69. The highest BCUT2D eigenvalue weighted by atomic mass is 79.9. The quantitative estimate of drug-likeness (QED) is 0.420. The monoisotopic (exact) mass is 415 g/mol. The average Bonchev–Trinajstić information content (AvgIpc) is 3.14. The van der Waals surface area contributed by atoms with E-state index in [9.17, 15) is 0 Å². The van der Waals surface area contributed by atoms with E-state index in [0.717, 1.165) is 6.54 Å². The van der Waals surface area contributed by atoms with E-state index >= 15 is 0 Å². The predicted molar refractivity (Wildman–Crippen MR) is 103 cm³/mol. The number of benzene rings is 2. The molecule has 4 rings (SSSR count). The van der Waals surface area contributed by atoms with Crippen LogP contribution < -0.4 is 17.0 Å². The molecule has 0 aromatic heterocycles. The largest absolute Gasteiger partial charge is 1.00 e. The Balaban J connectivity index is 0.00000210. The number of halogens is 1. The van der Waals surface area contributed by atoms with Gasteiger partial charge in [-0.25, -0.2) is 4.58 Å². The van der Waals surface area contributed by atoms with Gasteiger partial charge in [0.2, 0.25) is 0 Å². The van der Waals surface area contributed by atoms with Gasteiger partial charge in [-0.05, 0) is 35.9 Å². The molecule has 0 bridgehead atoms. The van der Waals surface area contributed by atoms with Crippen molar-refractivity contribution in [2.75, 3.05) is 12.8 Å². The third-order valence-electron chi connectivity index (χ3n) is 5.51. The van der Waals surface area contributed by atoms with Gasteiger partial charge in [-0.2, -0.15) is 0 Å². The minimum absolute atomic E-state index is 0. The zero-order valence-corrected chi connectivity index (χ0v) is 16.8. The smallest absolute Gasteiger partial charge is 0.178 e. The molecule has 1 saturated heterocycles. The van der Waals surface area contributed by atoms with Crippen LogP contribution in [0.5, 0.6) is 0 Å². The Hall–Kier alpha value is -1.32. The van der Waals surface area contributed by atoms with E-state index < -0.39 is 0 Å². The molecule has 25 heavy (non-hydrogen) atoms. The second-order valence-corrected chi connectivity index (χ2v) is 7.60. The first kappa shape index (κ1) is 15.9. The number of allylic oxidation sites excluding steroid dienone is 1. The summed E-state index contributed by atoms with van der Waals surface area (Å²) in [5, 5.41) is 0. The van der Waals surface area contributed by atoms with E-state index in [0.29, 0.717) is 12.5 Å². The molecule has 0 radical (unpaired) electrons. The Kier molecular flexibility index (Phi) is 4.77. The van der Waals surface area contributed by atoms with Gasteiger partial charge >= 0.3 is 0 Å². The highest BCUT2D eigenvalue weighted by Gasteiger charge is 2.46. The summed E-state index contributed by atoms with van der Waals surface area (Å²) >= 11 is 1.75. The van der Waals surface area contributed by atoms with Crippen molar-refractivity contribution >= 4 is 18.0 Å². The molecule has 3 heteroatoms. The number of hydrogen-bond acceptors (Lipinski definition) is 1. The topological polar surface area (TPSA) is 3.01 Å². The van der Waals surface area contributed by atoms with Crippen molar-refractivity contribution in [3.63, 3.8) is 0 Å². The molecular formula is C22H24BrNS. The molecule has 2 aromatic rings. The number of thioether (sulfide) groups is 1. The van der Waals surface area contributed by atoms with Crippen LogP contribution in [0, 0.1) is 0 Å². The highest BCUT2D eigenvalue weighted by molar-refractivity contribution is 7.98. The molecule has 0 unspecified atom stereocenters. The van der Waals surface area contributed by atoms with Crippen molar-refractivity contribution in [3.8, 4) is 0 Å². The predicted octanol–water partition coefficient (Wildman–Crippen LogP) is 2.21. The molecule has 2 aliphatic heterocycles. The molecule has 130 valence electrons. The molecule has 0 saturated carbocycles. The summed E-state index contributed by atoms with van der Waals surface area (Å²) in [5.74, 6) is 0. The molecule has 0 N–H and O–H groups in total. The fourth-order valence-corrected chi connectivity index (χ4v) is 4.79. The fourth-order valence-electron chi connectivity index (χ4n) is 4.38. The van der Waals surface area contributed by atoms with Gasteiger partial charge in [-0.1, -0.05) is 42.5 Å². The summed E-state index contributed by atoms with van der Waals surface area (Å²) in [6.07, 6.45) is 9.29. The number of fused-ring (bicyclic) bond motifs is 3. The van der Waals surface area contributed by atoms with Gasteiger partial charge < -0.3 is 17.0 Å². The van der Waals surface area contributed by atoms with E-state index in [-0.39, 0.29) is 28.9 Å². The summed E-state index contributed by atoms with van der Waals surface area (Å²) in [5.41, 5.74) is 3.68. The van der Waals surface area contributed by atoms with Crippen molar-refractivity contribution in [2.45, 2.75) is 35.6 Å². The SMILES string of the molecule is [2H]C([2H])=CC[C@@]1(c2ccc(SC)cc2)C=[N+]2CCC[C@@H]2c2ccccc21.[Br-]. The highest BCUT2D eigenvalue weighted by Crippen LogP contribution is 2.45. The maximum atomic E-state index is 7.64. The van der Waals surface area contributed by atoms with Crippen molar-refractivity contribution in [1.82, 2.24) is 0 Å². The molecule has 2 aromatic carbocycles. The number of hydrogen-bond donors (Lipinski definition) is 0. The molecular weight excluding hydrogens is 390 g/mol. The van der Waals surface area contributed by atoms with Crippen molar-refractivity contribution in [2.24, 2.45) is 0 Å². The minimum Gasteiger partial charge on any atom is -1.00 e. The molecule has 2 heterocycles. The van der Waals surface area contributed by atoms with E-state index in [1.165, 1.54) is 34.4 Å². The standard InChI is InChI=1S/C22H24NS.BrH/c1-3-14-22(17-10-12-18(24-2)13-11-17)16-23-15-6-9-21(23)19-7-4-5-8-20(19)22;/h3-5,7-8,10-13,16,21H,1,6,9,14-15H2,2H3;1H/q+1;/p-1/t21-,22+;/m1./s1/i1D2;. The van der Waals surface area contributed by atoms with Gasteiger partial charge in [-0.15, -0.1) is 18.3 Å². The first-order valence-corrected chi connectivity index (χ1v) is 9.85. The summed E-state index contributed by atoms with van der Waals surface area (Å²) in [7, 11) is 0. The van der Waals surface area contributed by atoms with Crippen LogP contribution in [0.15, 0.2) is 66.0 Å². The summed E-state index contributed by atoms with van der Waals surface area (Å²) < 4.78 is 17.8. The Morgan fingerprint density at radius 3 is 2.84 bits per heavy atom. The zero-order chi connectivity index (χ0) is 18.1. The van der Waals surface area contributed by atoms with Crippen LogP contribution in [0.2, 0.25) is 0 Å². The zero-order valence-electron chi connectivity index (χ0n) is 16.4. The lowest BCUT2D eigenvalue weighted by molar-refractivity contribution is -0.550. The second-order valence-electron chi connectivity index (χ2n) is 6.72.